The van der Waals surface area contributed by atoms with Crippen LogP contribution < -0.4 is 0 Å². The van der Waals surface area contributed by atoms with E-state index in [9.17, 15) is 4.39 Å². The van der Waals surface area contributed by atoms with Gasteiger partial charge in [0.05, 0.1) is 4.47 Å². The monoisotopic (exact) mass is 390 g/mol. The molecular formula is C16H21Br2F. The Bertz CT molecular complexity index is 431. The van der Waals surface area contributed by atoms with Crippen molar-refractivity contribution >= 4 is 31.9 Å². The van der Waals surface area contributed by atoms with E-state index in [0.717, 1.165) is 18.3 Å². The van der Waals surface area contributed by atoms with Crippen molar-refractivity contribution in [2.75, 3.05) is 0 Å². The molecular weight excluding hydrogens is 371 g/mol. The van der Waals surface area contributed by atoms with E-state index in [0.29, 0.717) is 15.2 Å². The van der Waals surface area contributed by atoms with E-state index in [-0.39, 0.29) is 5.82 Å². The van der Waals surface area contributed by atoms with Crippen molar-refractivity contribution in [3.8, 4) is 0 Å². The summed E-state index contributed by atoms with van der Waals surface area (Å²) >= 11 is 7.11. The Labute approximate surface area is 132 Å². The lowest BCUT2D eigenvalue weighted by molar-refractivity contribution is 0.222. The first-order valence-electron chi connectivity index (χ1n) is 7.05. The number of benzene rings is 1. The Balaban J connectivity index is 2.05. The molecule has 19 heavy (non-hydrogen) atoms. The van der Waals surface area contributed by atoms with E-state index < -0.39 is 0 Å². The molecule has 0 amide bonds. The Morgan fingerprint density at radius 3 is 2.68 bits per heavy atom. The first kappa shape index (κ1) is 15.5. The van der Waals surface area contributed by atoms with Gasteiger partial charge in [0, 0.05) is 4.83 Å². The third-order valence-electron chi connectivity index (χ3n) is 4.35. The summed E-state index contributed by atoms with van der Waals surface area (Å²) < 4.78 is 13.8. The summed E-state index contributed by atoms with van der Waals surface area (Å²) in [6.45, 7) is 4.65. The molecule has 1 saturated carbocycles. The first-order chi connectivity index (χ1) is 8.97. The summed E-state index contributed by atoms with van der Waals surface area (Å²) in [5, 5.41) is 0. The quantitative estimate of drug-likeness (QED) is 0.557. The maximum absolute atomic E-state index is 13.3. The first-order valence-corrected chi connectivity index (χ1v) is 8.76. The zero-order valence-corrected chi connectivity index (χ0v) is 14.7. The lowest BCUT2D eigenvalue weighted by atomic mass is 9.74. The highest BCUT2D eigenvalue weighted by Crippen LogP contribution is 2.39. The van der Waals surface area contributed by atoms with Crippen LogP contribution in [0.2, 0.25) is 0 Å². The van der Waals surface area contributed by atoms with E-state index in [1.165, 1.54) is 24.8 Å². The summed E-state index contributed by atoms with van der Waals surface area (Å²) in [5.74, 6) is 2.09. The molecule has 0 nitrogen and oxygen atoms in total. The SMILES string of the molecule is CC(C)C1CCC(Br)C(Cc2ccc(F)c(Br)c2)C1. The average molecular weight is 392 g/mol. The highest BCUT2D eigenvalue weighted by atomic mass is 79.9. The third kappa shape index (κ3) is 4.04. The van der Waals surface area contributed by atoms with Crippen LogP contribution in [0.3, 0.4) is 0 Å². The Morgan fingerprint density at radius 1 is 1.32 bits per heavy atom. The highest BCUT2D eigenvalue weighted by Gasteiger charge is 2.30. The van der Waals surface area contributed by atoms with Gasteiger partial charge in [0.15, 0.2) is 0 Å². The molecule has 0 saturated heterocycles. The normalized spacial score (nSPS) is 27.8. The molecule has 1 aromatic rings. The average Bonchev–Trinajstić information content (AvgIpc) is 2.36. The van der Waals surface area contributed by atoms with Crippen molar-refractivity contribution in [1.82, 2.24) is 0 Å². The van der Waals surface area contributed by atoms with Gasteiger partial charge in [0.25, 0.3) is 0 Å². The van der Waals surface area contributed by atoms with E-state index in [2.05, 4.69) is 45.7 Å². The maximum Gasteiger partial charge on any atom is 0.137 e. The summed E-state index contributed by atoms with van der Waals surface area (Å²) in [6.07, 6.45) is 4.91. The van der Waals surface area contributed by atoms with Crippen LogP contribution >= 0.6 is 31.9 Å². The van der Waals surface area contributed by atoms with Gasteiger partial charge in [-0.25, -0.2) is 4.39 Å². The molecule has 1 fully saturated rings. The van der Waals surface area contributed by atoms with Crippen LogP contribution in [0.4, 0.5) is 4.39 Å². The molecule has 0 N–H and O–H groups in total. The van der Waals surface area contributed by atoms with Crippen LogP contribution in [0.25, 0.3) is 0 Å². The van der Waals surface area contributed by atoms with Crippen molar-refractivity contribution in [2.24, 2.45) is 17.8 Å². The molecule has 0 bridgehead atoms. The van der Waals surface area contributed by atoms with Gasteiger partial charge in [-0.05, 0) is 77.1 Å². The Morgan fingerprint density at radius 2 is 2.05 bits per heavy atom. The fourth-order valence-electron chi connectivity index (χ4n) is 3.05. The molecule has 0 spiro atoms. The van der Waals surface area contributed by atoms with Crippen molar-refractivity contribution in [1.29, 1.82) is 0 Å². The Kier molecular flexibility index (Phi) is 5.47. The number of halogens is 3. The molecule has 0 heterocycles. The van der Waals surface area contributed by atoms with Crippen LogP contribution in [0, 0.1) is 23.6 Å². The molecule has 2 rings (SSSR count). The molecule has 0 radical (unpaired) electrons. The lowest BCUT2D eigenvalue weighted by Crippen LogP contribution is -2.29. The van der Waals surface area contributed by atoms with E-state index in [1.54, 1.807) is 6.07 Å². The van der Waals surface area contributed by atoms with Gasteiger partial charge >= 0.3 is 0 Å². The van der Waals surface area contributed by atoms with E-state index in [4.69, 9.17) is 0 Å². The van der Waals surface area contributed by atoms with Crippen molar-refractivity contribution in [2.45, 2.75) is 44.4 Å². The predicted molar refractivity (Wildman–Crippen MR) is 86.2 cm³/mol. The molecule has 1 aliphatic carbocycles. The minimum absolute atomic E-state index is 0.178. The smallest absolute Gasteiger partial charge is 0.137 e. The lowest BCUT2D eigenvalue weighted by Gasteiger charge is -2.35. The number of hydrogen-bond acceptors (Lipinski definition) is 0. The zero-order valence-electron chi connectivity index (χ0n) is 11.5. The van der Waals surface area contributed by atoms with Crippen LogP contribution in [-0.2, 0) is 6.42 Å². The molecule has 1 aromatic carbocycles. The number of alkyl halides is 1. The van der Waals surface area contributed by atoms with Crippen LogP contribution in [0.1, 0.15) is 38.7 Å². The molecule has 0 aliphatic heterocycles. The summed E-state index contributed by atoms with van der Waals surface area (Å²) in [7, 11) is 0. The standard InChI is InChI=1S/C16H21Br2F/c1-10(2)12-4-5-14(17)13(9-12)7-11-3-6-16(19)15(18)8-11/h3,6,8,10,12-14H,4-5,7,9H2,1-2H3. The zero-order chi connectivity index (χ0) is 14.0. The van der Waals surface area contributed by atoms with Crippen molar-refractivity contribution in [3.63, 3.8) is 0 Å². The van der Waals surface area contributed by atoms with Gasteiger partial charge in [0.1, 0.15) is 5.82 Å². The van der Waals surface area contributed by atoms with Crippen LogP contribution in [0.5, 0.6) is 0 Å². The van der Waals surface area contributed by atoms with Crippen LogP contribution in [0.15, 0.2) is 22.7 Å². The Hall–Kier alpha value is 0.110. The summed E-state index contributed by atoms with van der Waals surface area (Å²) in [4.78, 5) is 0.603. The van der Waals surface area contributed by atoms with Crippen LogP contribution in [-0.4, -0.2) is 4.83 Å². The maximum atomic E-state index is 13.3. The largest absolute Gasteiger partial charge is 0.206 e. The number of rotatable bonds is 3. The van der Waals surface area contributed by atoms with Gasteiger partial charge in [-0.15, -0.1) is 0 Å². The second-order valence-corrected chi connectivity index (χ2v) is 8.08. The minimum atomic E-state index is -0.178. The van der Waals surface area contributed by atoms with Gasteiger partial charge in [-0.3, -0.25) is 0 Å². The van der Waals surface area contributed by atoms with E-state index >= 15 is 0 Å². The number of hydrogen-bond donors (Lipinski definition) is 0. The fourth-order valence-corrected chi connectivity index (χ4v) is 4.14. The van der Waals surface area contributed by atoms with Gasteiger partial charge in [0.2, 0.25) is 0 Å². The molecule has 3 heteroatoms. The fraction of sp³-hybridized carbons (Fsp3) is 0.625. The molecule has 3 unspecified atom stereocenters. The molecule has 106 valence electrons. The van der Waals surface area contributed by atoms with Crippen molar-refractivity contribution in [3.05, 3.63) is 34.1 Å². The molecule has 0 aromatic heterocycles. The minimum Gasteiger partial charge on any atom is -0.206 e. The summed E-state index contributed by atoms with van der Waals surface area (Å²) in [6, 6.07) is 5.40. The molecule has 3 atom stereocenters. The topological polar surface area (TPSA) is 0 Å². The second kappa shape index (κ2) is 6.71. The van der Waals surface area contributed by atoms with E-state index in [1.807, 2.05) is 12.1 Å². The second-order valence-electron chi connectivity index (χ2n) is 6.05. The summed E-state index contributed by atoms with van der Waals surface area (Å²) in [5.41, 5.74) is 1.23. The van der Waals surface area contributed by atoms with Gasteiger partial charge in [-0.1, -0.05) is 35.8 Å². The van der Waals surface area contributed by atoms with Crippen molar-refractivity contribution < 1.29 is 4.39 Å². The predicted octanol–water partition coefficient (Wildman–Crippen LogP) is 5.97. The third-order valence-corrected chi connectivity index (χ3v) is 6.17. The van der Waals surface area contributed by atoms with Gasteiger partial charge < -0.3 is 0 Å². The highest BCUT2D eigenvalue weighted by molar-refractivity contribution is 9.10. The molecule has 1 aliphatic rings. The van der Waals surface area contributed by atoms with Gasteiger partial charge in [-0.2, -0.15) is 0 Å².